The number of ether oxygens (including phenoxy) is 1. The van der Waals surface area contributed by atoms with Crippen molar-refractivity contribution in [3.05, 3.63) is 48.8 Å². The van der Waals surface area contributed by atoms with Crippen molar-refractivity contribution in [1.82, 2.24) is 4.98 Å². The second kappa shape index (κ2) is 7.13. The molecule has 1 amide bonds. The molecule has 1 aliphatic heterocycles. The summed E-state index contributed by atoms with van der Waals surface area (Å²) in [5.74, 6) is 0.803. The van der Waals surface area contributed by atoms with Crippen molar-refractivity contribution in [1.29, 1.82) is 0 Å². The number of carbonyl (C=O) groups excluding carboxylic acids is 1. The van der Waals surface area contributed by atoms with Gasteiger partial charge in [-0.3, -0.25) is 9.78 Å². The molecule has 5 heteroatoms. The minimum Gasteiger partial charge on any atom is -0.495 e. The molecule has 0 bridgehead atoms. The van der Waals surface area contributed by atoms with E-state index in [-0.39, 0.29) is 11.8 Å². The zero-order valence-corrected chi connectivity index (χ0v) is 13.2. The Kier molecular flexibility index (Phi) is 4.76. The molecule has 0 radical (unpaired) electrons. The van der Waals surface area contributed by atoms with Gasteiger partial charge in [0.1, 0.15) is 5.75 Å². The smallest absolute Gasteiger partial charge is 0.227 e. The molecule has 120 valence electrons. The van der Waals surface area contributed by atoms with Gasteiger partial charge >= 0.3 is 0 Å². The van der Waals surface area contributed by atoms with E-state index in [1.807, 2.05) is 36.4 Å². The Balaban J connectivity index is 1.58. The number of methoxy groups -OCH3 is 1. The number of anilines is 2. The van der Waals surface area contributed by atoms with Crippen LogP contribution < -0.4 is 15.0 Å². The molecule has 23 heavy (non-hydrogen) atoms. The number of piperidine rings is 1. The summed E-state index contributed by atoms with van der Waals surface area (Å²) in [5, 5.41) is 2.99. The van der Waals surface area contributed by atoms with E-state index in [1.54, 1.807) is 19.5 Å². The van der Waals surface area contributed by atoms with Gasteiger partial charge in [-0.1, -0.05) is 12.1 Å². The van der Waals surface area contributed by atoms with Crippen LogP contribution in [0.2, 0.25) is 0 Å². The van der Waals surface area contributed by atoms with Gasteiger partial charge in [0.25, 0.3) is 0 Å². The van der Waals surface area contributed by atoms with Gasteiger partial charge < -0.3 is 15.0 Å². The number of amides is 1. The number of rotatable bonds is 4. The zero-order valence-electron chi connectivity index (χ0n) is 13.2. The topological polar surface area (TPSA) is 54.5 Å². The maximum absolute atomic E-state index is 12.5. The van der Waals surface area contributed by atoms with Crippen molar-refractivity contribution in [3.8, 4) is 5.75 Å². The summed E-state index contributed by atoms with van der Waals surface area (Å²) in [6, 6.07) is 11.5. The molecule has 2 heterocycles. The van der Waals surface area contributed by atoms with Gasteiger partial charge in [0.05, 0.1) is 12.8 Å². The number of para-hydroxylation sites is 2. The lowest BCUT2D eigenvalue weighted by atomic mass is 9.95. The molecule has 1 aliphatic rings. The Bertz CT molecular complexity index is 652. The lowest BCUT2D eigenvalue weighted by Crippen LogP contribution is -2.38. The number of benzene rings is 1. The van der Waals surface area contributed by atoms with Crippen LogP contribution in [0.5, 0.6) is 5.75 Å². The van der Waals surface area contributed by atoms with Gasteiger partial charge in [0, 0.05) is 37.1 Å². The third-order valence-corrected chi connectivity index (χ3v) is 4.26. The first kappa shape index (κ1) is 15.3. The quantitative estimate of drug-likeness (QED) is 0.943. The first-order valence-electron chi connectivity index (χ1n) is 7.87. The second-order valence-corrected chi connectivity index (χ2v) is 5.66. The van der Waals surface area contributed by atoms with E-state index in [0.717, 1.165) is 31.6 Å². The largest absolute Gasteiger partial charge is 0.495 e. The van der Waals surface area contributed by atoms with Crippen LogP contribution in [-0.4, -0.2) is 31.1 Å². The van der Waals surface area contributed by atoms with E-state index in [9.17, 15) is 4.79 Å². The first-order valence-corrected chi connectivity index (χ1v) is 7.87. The van der Waals surface area contributed by atoms with Gasteiger partial charge in [0.15, 0.2) is 0 Å². The molecule has 0 unspecified atom stereocenters. The van der Waals surface area contributed by atoms with E-state index >= 15 is 0 Å². The molecule has 2 aromatic rings. The maximum Gasteiger partial charge on any atom is 0.227 e. The fraction of sp³-hybridized carbons (Fsp3) is 0.333. The molecule has 1 aromatic carbocycles. The van der Waals surface area contributed by atoms with E-state index in [0.29, 0.717) is 5.75 Å². The highest BCUT2D eigenvalue weighted by Gasteiger charge is 2.25. The number of hydrogen-bond acceptors (Lipinski definition) is 4. The summed E-state index contributed by atoms with van der Waals surface area (Å²) in [6.07, 6.45) is 5.30. The van der Waals surface area contributed by atoms with E-state index < -0.39 is 0 Å². The normalized spacial score (nSPS) is 15.3. The van der Waals surface area contributed by atoms with E-state index in [2.05, 4.69) is 15.2 Å². The molecule has 0 atom stereocenters. The van der Waals surface area contributed by atoms with Crippen LogP contribution in [0, 0.1) is 5.92 Å². The van der Waals surface area contributed by atoms with Crippen molar-refractivity contribution < 1.29 is 9.53 Å². The fourth-order valence-corrected chi connectivity index (χ4v) is 2.94. The zero-order chi connectivity index (χ0) is 16.1. The first-order chi connectivity index (χ1) is 11.3. The van der Waals surface area contributed by atoms with Crippen LogP contribution in [-0.2, 0) is 4.79 Å². The van der Waals surface area contributed by atoms with Crippen LogP contribution in [0.1, 0.15) is 12.8 Å². The molecular weight excluding hydrogens is 290 g/mol. The standard InChI is InChI=1S/C18H21N3O2/c1-23-17-5-3-2-4-16(17)20-18(22)14-8-12-21(13-9-14)15-6-10-19-11-7-15/h2-7,10-11,14H,8-9,12-13H2,1H3,(H,20,22). The highest BCUT2D eigenvalue weighted by atomic mass is 16.5. The second-order valence-electron chi connectivity index (χ2n) is 5.66. The highest BCUT2D eigenvalue weighted by Crippen LogP contribution is 2.27. The predicted molar refractivity (Wildman–Crippen MR) is 90.8 cm³/mol. The van der Waals surface area contributed by atoms with Crippen LogP contribution in [0.4, 0.5) is 11.4 Å². The average Bonchev–Trinajstić information content (AvgIpc) is 2.63. The molecule has 0 aliphatic carbocycles. The number of nitrogens with one attached hydrogen (secondary N) is 1. The summed E-state index contributed by atoms with van der Waals surface area (Å²) < 4.78 is 5.28. The van der Waals surface area contributed by atoms with Crippen LogP contribution >= 0.6 is 0 Å². The molecule has 0 saturated carbocycles. The van der Waals surface area contributed by atoms with Gasteiger partial charge in [-0.2, -0.15) is 0 Å². The number of aromatic nitrogens is 1. The minimum absolute atomic E-state index is 0.0398. The van der Waals surface area contributed by atoms with Crippen molar-refractivity contribution in [3.63, 3.8) is 0 Å². The Morgan fingerprint density at radius 1 is 1.17 bits per heavy atom. The number of carbonyl (C=O) groups is 1. The SMILES string of the molecule is COc1ccccc1NC(=O)C1CCN(c2ccncc2)CC1. The molecular formula is C18H21N3O2. The van der Waals surface area contributed by atoms with Crippen molar-refractivity contribution in [2.75, 3.05) is 30.4 Å². The average molecular weight is 311 g/mol. The van der Waals surface area contributed by atoms with Gasteiger partial charge in [-0.05, 0) is 37.1 Å². The van der Waals surface area contributed by atoms with Crippen LogP contribution in [0.15, 0.2) is 48.8 Å². The van der Waals surface area contributed by atoms with Crippen LogP contribution in [0.3, 0.4) is 0 Å². The van der Waals surface area contributed by atoms with Crippen molar-refractivity contribution in [2.45, 2.75) is 12.8 Å². The highest BCUT2D eigenvalue weighted by molar-refractivity contribution is 5.94. The van der Waals surface area contributed by atoms with Crippen molar-refractivity contribution >= 4 is 17.3 Å². The summed E-state index contributed by atoms with van der Waals surface area (Å²) in [5.41, 5.74) is 1.90. The summed E-state index contributed by atoms with van der Waals surface area (Å²) >= 11 is 0. The van der Waals surface area contributed by atoms with Gasteiger partial charge in [0.2, 0.25) is 5.91 Å². The third kappa shape index (κ3) is 3.62. The fourth-order valence-electron chi connectivity index (χ4n) is 2.94. The number of hydrogen-bond donors (Lipinski definition) is 1. The molecule has 1 N–H and O–H groups in total. The van der Waals surface area contributed by atoms with E-state index in [1.165, 1.54) is 5.69 Å². The lowest BCUT2D eigenvalue weighted by molar-refractivity contribution is -0.120. The Morgan fingerprint density at radius 3 is 2.57 bits per heavy atom. The molecule has 1 saturated heterocycles. The minimum atomic E-state index is 0.0398. The van der Waals surface area contributed by atoms with Gasteiger partial charge in [-0.15, -0.1) is 0 Å². The maximum atomic E-state index is 12.5. The lowest BCUT2D eigenvalue weighted by Gasteiger charge is -2.32. The molecule has 1 aromatic heterocycles. The Labute approximate surface area is 136 Å². The van der Waals surface area contributed by atoms with Crippen molar-refractivity contribution in [2.24, 2.45) is 5.92 Å². The summed E-state index contributed by atoms with van der Waals surface area (Å²) in [7, 11) is 1.61. The summed E-state index contributed by atoms with van der Waals surface area (Å²) in [6.45, 7) is 1.77. The molecule has 3 rings (SSSR count). The Morgan fingerprint density at radius 2 is 1.87 bits per heavy atom. The summed E-state index contributed by atoms with van der Waals surface area (Å²) in [4.78, 5) is 18.8. The van der Waals surface area contributed by atoms with Crippen LogP contribution in [0.25, 0.3) is 0 Å². The Hall–Kier alpha value is -2.56. The van der Waals surface area contributed by atoms with Gasteiger partial charge in [-0.25, -0.2) is 0 Å². The van der Waals surface area contributed by atoms with E-state index in [4.69, 9.17) is 4.74 Å². The monoisotopic (exact) mass is 311 g/mol. The third-order valence-electron chi connectivity index (χ3n) is 4.26. The molecule has 5 nitrogen and oxygen atoms in total. The molecule has 0 spiro atoms. The number of pyridine rings is 1. The molecule has 1 fully saturated rings. The predicted octanol–water partition coefficient (Wildman–Crippen LogP) is 2.95. The number of nitrogens with zero attached hydrogens (tertiary/aromatic N) is 2.